The third kappa shape index (κ3) is 14.3. The van der Waals surface area contributed by atoms with Crippen LogP contribution in [0.3, 0.4) is 0 Å². The predicted octanol–water partition coefficient (Wildman–Crippen LogP) is -0.327. The Kier molecular flexibility index (Phi) is 27.9. The van der Waals surface area contributed by atoms with Gasteiger partial charge in [-0.25, -0.2) is 0 Å². The molecular formula is C16H31Ac3NO7. The van der Waals surface area contributed by atoms with E-state index in [-0.39, 0.29) is 138 Å². The topological polar surface area (TPSA) is 131 Å². The van der Waals surface area contributed by atoms with E-state index in [2.05, 4.69) is 4.74 Å². The third-order valence-electron chi connectivity index (χ3n) is 4.21. The van der Waals surface area contributed by atoms with Gasteiger partial charge in [0.2, 0.25) is 0 Å². The molecule has 0 aromatic rings. The summed E-state index contributed by atoms with van der Waals surface area (Å²) in [5.41, 5.74) is 5.78. The van der Waals surface area contributed by atoms with Crippen LogP contribution in [0.1, 0.15) is 44.9 Å². The molecular weight excluding hydrogens is 999 g/mol. The van der Waals surface area contributed by atoms with Gasteiger partial charge in [-0.3, -0.25) is 4.79 Å². The average molecular weight is 1030 g/mol. The summed E-state index contributed by atoms with van der Waals surface area (Å²) < 4.78 is 15.5. The molecule has 3 radical (unpaired) electrons. The normalized spacial score (nSPS) is 26.9. The van der Waals surface area contributed by atoms with Crippen molar-refractivity contribution in [2.45, 2.75) is 75.6 Å². The molecule has 0 aromatic heterocycles. The van der Waals surface area contributed by atoms with E-state index in [1.165, 1.54) is 7.11 Å². The van der Waals surface area contributed by atoms with Crippen molar-refractivity contribution in [3.05, 3.63) is 0 Å². The summed E-state index contributed by atoms with van der Waals surface area (Å²) in [6.07, 6.45) is 2.09. The number of aliphatic hydroxyl groups excluding tert-OH is 3. The first-order valence-corrected chi connectivity index (χ1v) is 8.57. The maximum Gasteiger partial charge on any atom is 0.305 e. The van der Waals surface area contributed by atoms with Crippen LogP contribution < -0.4 is 5.73 Å². The quantitative estimate of drug-likeness (QED) is 0.164. The Balaban J connectivity index is -0.00000192. The molecule has 8 nitrogen and oxygen atoms in total. The van der Waals surface area contributed by atoms with Crippen LogP contribution in [-0.2, 0) is 19.0 Å². The maximum atomic E-state index is 10.9. The van der Waals surface area contributed by atoms with Gasteiger partial charge < -0.3 is 35.3 Å². The van der Waals surface area contributed by atoms with Crippen LogP contribution in [0, 0.1) is 132 Å². The van der Waals surface area contributed by atoms with E-state index >= 15 is 0 Å². The van der Waals surface area contributed by atoms with Gasteiger partial charge in [-0.1, -0.05) is 25.7 Å². The standard InChI is InChI=1S/C16H31NO7.3Ac/c1-22-12(19)8-6-4-2-3-5-7-9-23-16-13(17)15(21)14(20)11(10-18)24-16;;;/h11,13-16,18,20-21H,2-10,17H2,1H3;;;/t11?,13?,14-,15?,16-;;;/m1.../s1. The number of nitrogens with two attached hydrogens (primary N) is 1. The van der Waals surface area contributed by atoms with E-state index in [0.29, 0.717) is 13.0 Å². The zero-order chi connectivity index (χ0) is 17.9. The van der Waals surface area contributed by atoms with Crippen molar-refractivity contribution in [2.24, 2.45) is 5.73 Å². The Labute approximate surface area is 269 Å². The monoisotopic (exact) mass is 1030 g/mol. The third-order valence-corrected chi connectivity index (χ3v) is 4.21. The molecule has 0 bridgehead atoms. The van der Waals surface area contributed by atoms with Crippen molar-refractivity contribution in [1.82, 2.24) is 0 Å². The van der Waals surface area contributed by atoms with E-state index in [4.69, 9.17) is 20.3 Å². The average Bonchev–Trinajstić information content (AvgIpc) is 2.59. The number of esters is 1. The first kappa shape index (κ1) is 35.2. The minimum Gasteiger partial charge on any atom is -0.469 e. The number of methoxy groups -OCH3 is 1. The molecule has 1 saturated heterocycles. The summed E-state index contributed by atoms with van der Waals surface area (Å²) in [6.45, 7) is 0.0257. The van der Waals surface area contributed by atoms with E-state index in [1.807, 2.05) is 0 Å². The molecule has 3 unspecified atom stereocenters. The molecule has 11 heteroatoms. The SMILES string of the molecule is COC(=O)CCCCCCCCO[C@@H]1OC(CO)[C@@H](O)C(O)C1N.[Ac].[Ac].[Ac]. The Bertz CT molecular complexity index is 367. The largest absolute Gasteiger partial charge is 0.469 e. The summed E-state index contributed by atoms with van der Waals surface area (Å²) >= 11 is 0. The summed E-state index contributed by atoms with van der Waals surface area (Å²) in [5.74, 6) is -0.166. The van der Waals surface area contributed by atoms with Crippen molar-refractivity contribution in [3.63, 3.8) is 0 Å². The fourth-order valence-electron chi connectivity index (χ4n) is 2.63. The van der Waals surface area contributed by atoms with Crippen LogP contribution in [0.2, 0.25) is 0 Å². The van der Waals surface area contributed by atoms with E-state index < -0.39 is 37.3 Å². The van der Waals surface area contributed by atoms with Gasteiger partial charge in [0.05, 0.1) is 19.8 Å². The number of hydrogen-bond donors (Lipinski definition) is 4. The molecule has 0 amide bonds. The second-order valence-electron chi connectivity index (χ2n) is 6.10. The van der Waals surface area contributed by atoms with Crippen molar-refractivity contribution >= 4 is 5.97 Å². The van der Waals surface area contributed by atoms with Gasteiger partial charge in [-0.2, -0.15) is 0 Å². The van der Waals surface area contributed by atoms with Gasteiger partial charge in [-0.05, 0) is 12.8 Å². The molecule has 1 fully saturated rings. The molecule has 1 heterocycles. The molecule has 1 aliphatic heterocycles. The molecule has 1 aliphatic rings. The van der Waals surface area contributed by atoms with Crippen LogP contribution in [0.5, 0.6) is 0 Å². The molecule has 0 spiro atoms. The molecule has 0 aliphatic carbocycles. The molecule has 1 rings (SSSR count). The molecule has 0 saturated carbocycles. The first-order chi connectivity index (χ1) is 11.5. The summed E-state index contributed by atoms with van der Waals surface area (Å²) in [6, 6.07) is -0.846. The first-order valence-electron chi connectivity index (χ1n) is 8.57. The number of carbonyl (C=O) groups excluding carboxylic acids is 1. The molecule has 151 valence electrons. The Morgan fingerprint density at radius 2 is 1.56 bits per heavy atom. The van der Waals surface area contributed by atoms with Crippen LogP contribution >= 0.6 is 0 Å². The van der Waals surface area contributed by atoms with E-state index in [1.54, 1.807) is 0 Å². The van der Waals surface area contributed by atoms with Crippen molar-refractivity contribution in [2.75, 3.05) is 20.3 Å². The van der Waals surface area contributed by atoms with Crippen LogP contribution in [0.25, 0.3) is 0 Å². The second-order valence-corrected chi connectivity index (χ2v) is 6.10. The number of rotatable bonds is 11. The summed E-state index contributed by atoms with van der Waals surface area (Å²) in [5, 5.41) is 28.6. The van der Waals surface area contributed by atoms with Gasteiger partial charge in [0.15, 0.2) is 6.29 Å². The number of carbonyl (C=O) groups is 1. The fraction of sp³-hybridized carbons (Fsp3) is 0.938. The number of aliphatic hydroxyl groups is 3. The second kappa shape index (κ2) is 21.4. The number of hydrogen-bond acceptors (Lipinski definition) is 8. The molecule has 5 N–H and O–H groups in total. The van der Waals surface area contributed by atoms with Crippen LogP contribution in [0.4, 0.5) is 0 Å². The molecule has 27 heavy (non-hydrogen) atoms. The zero-order valence-electron chi connectivity index (χ0n) is 16.0. The number of ether oxygens (including phenoxy) is 3. The Morgan fingerprint density at radius 1 is 1.00 bits per heavy atom. The van der Waals surface area contributed by atoms with Crippen molar-refractivity contribution < 1.29 is 167 Å². The molecule has 5 atom stereocenters. The van der Waals surface area contributed by atoms with Gasteiger partial charge in [0.1, 0.15) is 18.3 Å². The smallest absolute Gasteiger partial charge is 0.305 e. The summed E-state index contributed by atoms with van der Waals surface area (Å²) in [4.78, 5) is 10.9. The van der Waals surface area contributed by atoms with Crippen molar-refractivity contribution in [3.8, 4) is 0 Å². The van der Waals surface area contributed by atoms with Crippen LogP contribution in [-0.4, -0.2) is 72.3 Å². The minimum atomic E-state index is -1.21. The van der Waals surface area contributed by atoms with Gasteiger partial charge in [0, 0.05) is 145 Å². The number of unbranched alkanes of at least 4 members (excludes halogenated alkanes) is 5. The van der Waals surface area contributed by atoms with Gasteiger partial charge in [0.25, 0.3) is 0 Å². The Morgan fingerprint density at radius 3 is 2.11 bits per heavy atom. The predicted molar refractivity (Wildman–Crippen MR) is 86.0 cm³/mol. The van der Waals surface area contributed by atoms with Gasteiger partial charge in [-0.15, -0.1) is 0 Å². The summed E-state index contributed by atoms with van der Waals surface area (Å²) in [7, 11) is 1.40. The Hall–Kier alpha value is 3.55. The fourth-order valence-corrected chi connectivity index (χ4v) is 2.63. The van der Waals surface area contributed by atoms with E-state index in [0.717, 1.165) is 38.5 Å². The maximum absolute atomic E-state index is 10.9. The van der Waals surface area contributed by atoms with Crippen LogP contribution in [0.15, 0.2) is 0 Å². The van der Waals surface area contributed by atoms with Crippen molar-refractivity contribution in [1.29, 1.82) is 0 Å². The molecule has 0 aromatic carbocycles. The zero-order valence-corrected chi connectivity index (χ0v) is 30.3. The van der Waals surface area contributed by atoms with E-state index in [9.17, 15) is 15.0 Å². The minimum absolute atomic E-state index is 0. The van der Waals surface area contributed by atoms with Gasteiger partial charge >= 0.3 is 5.97 Å².